The molecule has 0 bridgehead atoms. The van der Waals surface area contributed by atoms with Gasteiger partial charge in [0.25, 0.3) is 6.47 Å². The highest BCUT2D eigenvalue weighted by Gasteiger charge is 2.32. The van der Waals surface area contributed by atoms with E-state index >= 15 is 0 Å². The normalized spacial score (nSPS) is 19.3. The van der Waals surface area contributed by atoms with Gasteiger partial charge in [-0.3, -0.25) is 4.79 Å². The number of fused-ring (bicyclic) bond motifs is 1. The first-order valence-corrected chi connectivity index (χ1v) is 8.32. The van der Waals surface area contributed by atoms with E-state index in [0.29, 0.717) is 13.2 Å². The van der Waals surface area contributed by atoms with Crippen molar-refractivity contribution in [1.29, 1.82) is 0 Å². The number of imidazole rings is 1. The molecule has 1 aliphatic rings. The molecule has 0 aliphatic carbocycles. The van der Waals surface area contributed by atoms with Crippen LogP contribution < -0.4 is 0 Å². The van der Waals surface area contributed by atoms with Crippen LogP contribution in [0.15, 0.2) is 35.0 Å². The summed E-state index contributed by atoms with van der Waals surface area (Å²) in [6.07, 6.45) is 3.81. The lowest BCUT2D eigenvalue weighted by molar-refractivity contribution is -0.122. The van der Waals surface area contributed by atoms with Crippen molar-refractivity contribution in [1.82, 2.24) is 9.55 Å². The molecular weight excluding hydrogens is 336 g/mol. The van der Waals surface area contributed by atoms with Crippen LogP contribution in [0.4, 0.5) is 0 Å². The summed E-state index contributed by atoms with van der Waals surface area (Å²) >= 11 is 0. The Kier molecular flexibility index (Phi) is 5.39. The smallest absolute Gasteiger partial charge is 0.290 e. The zero-order valence-electron chi connectivity index (χ0n) is 15.0. The molecule has 0 spiro atoms. The van der Waals surface area contributed by atoms with Crippen molar-refractivity contribution in [3.05, 3.63) is 41.7 Å². The summed E-state index contributed by atoms with van der Waals surface area (Å²) in [5, 5.41) is 8.03. The van der Waals surface area contributed by atoms with Gasteiger partial charge in [0, 0.05) is 30.5 Å². The van der Waals surface area contributed by atoms with E-state index in [1.165, 1.54) is 5.56 Å². The highest BCUT2D eigenvalue weighted by atomic mass is 16.5. The number of carboxylic acid groups (broad SMARTS) is 1. The van der Waals surface area contributed by atoms with E-state index in [4.69, 9.17) is 23.8 Å². The Balaban J connectivity index is 0.000000613. The van der Waals surface area contributed by atoms with Gasteiger partial charge in [-0.15, -0.1) is 0 Å². The number of rotatable bonds is 3. The third kappa shape index (κ3) is 3.23. The quantitative estimate of drug-likeness (QED) is 0.724. The fourth-order valence-electron chi connectivity index (χ4n) is 3.31. The number of hydrogen-bond donors (Lipinski definition) is 1. The largest absolute Gasteiger partial charge is 0.483 e. The van der Waals surface area contributed by atoms with Gasteiger partial charge in [-0.1, -0.05) is 11.6 Å². The number of aromatic nitrogens is 2. The summed E-state index contributed by atoms with van der Waals surface area (Å²) in [5.41, 5.74) is 3.23. The second kappa shape index (κ2) is 7.72. The molecule has 2 atom stereocenters. The number of hydrogen-bond acceptors (Lipinski definition) is 5. The number of ether oxygens (including phenoxy) is 2. The molecule has 26 heavy (non-hydrogen) atoms. The Morgan fingerprint density at radius 1 is 1.35 bits per heavy atom. The lowest BCUT2D eigenvalue weighted by atomic mass is 10.1. The first kappa shape index (κ1) is 18.2. The molecule has 1 saturated heterocycles. The molecule has 7 nitrogen and oxygen atoms in total. The number of benzene rings is 1. The predicted octanol–water partition coefficient (Wildman–Crippen LogP) is 3.20. The summed E-state index contributed by atoms with van der Waals surface area (Å²) in [6, 6.07) is 6.35. The lowest BCUT2D eigenvalue weighted by Crippen LogP contribution is -2.24. The van der Waals surface area contributed by atoms with Crippen molar-refractivity contribution in [3.63, 3.8) is 0 Å². The SMILES string of the molecule is CO[C@H]1COC[C@H]1n1ccnc1-c1oc2ccc(C)cc2c1C.O=CO. The predicted molar refractivity (Wildman–Crippen MR) is 96.3 cm³/mol. The minimum atomic E-state index is -0.250. The molecule has 0 unspecified atom stereocenters. The van der Waals surface area contributed by atoms with Crippen molar-refractivity contribution < 1.29 is 23.8 Å². The molecule has 0 amide bonds. The number of aryl methyl sites for hydroxylation is 2. The maximum absolute atomic E-state index is 8.36. The molecule has 3 heterocycles. The Labute approximate surface area is 151 Å². The fourth-order valence-corrected chi connectivity index (χ4v) is 3.31. The van der Waals surface area contributed by atoms with E-state index in [1.807, 2.05) is 12.3 Å². The monoisotopic (exact) mass is 358 g/mol. The summed E-state index contributed by atoms with van der Waals surface area (Å²) in [6.45, 7) is 5.15. The molecule has 1 aliphatic heterocycles. The van der Waals surface area contributed by atoms with Gasteiger partial charge in [0.1, 0.15) is 11.7 Å². The van der Waals surface area contributed by atoms with Gasteiger partial charge in [-0.25, -0.2) is 4.98 Å². The highest BCUT2D eigenvalue weighted by Crippen LogP contribution is 2.35. The maximum Gasteiger partial charge on any atom is 0.290 e. The Morgan fingerprint density at radius 2 is 2.12 bits per heavy atom. The number of furan rings is 1. The van der Waals surface area contributed by atoms with Gasteiger partial charge in [0.15, 0.2) is 11.6 Å². The minimum Gasteiger partial charge on any atom is -0.483 e. The van der Waals surface area contributed by atoms with E-state index in [0.717, 1.165) is 28.1 Å². The molecule has 0 radical (unpaired) electrons. The molecule has 138 valence electrons. The van der Waals surface area contributed by atoms with Crippen LogP contribution in [0.25, 0.3) is 22.6 Å². The van der Waals surface area contributed by atoms with Crippen molar-refractivity contribution in [3.8, 4) is 11.6 Å². The molecule has 4 rings (SSSR count). The zero-order valence-corrected chi connectivity index (χ0v) is 15.0. The first-order chi connectivity index (χ1) is 12.6. The summed E-state index contributed by atoms with van der Waals surface area (Å²) in [5.74, 6) is 1.64. The van der Waals surface area contributed by atoms with Gasteiger partial charge in [-0.05, 0) is 26.0 Å². The van der Waals surface area contributed by atoms with Crippen LogP contribution in [0.1, 0.15) is 17.2 Å². The van der Waals surface area contributed by atoms with E-state index in [-0.39, 0.29) is 18.6 Å². The fraction of sp³-hybridized carbons (Fsp3) is 0.368. The van der Waals surface area contributed by atoms with Crippen molar-refractivity contribution in [2.45, 2.75) is 26.0 Å². The van der Waals surface area contributed by atoms with Gasteiger partial charge >= 0.3 is 0 Å². The van der Waals surface area contributed by atoms with Crippen molar-refractivity contribution in [2.24, 2.45) is 0 Å². The van der Waals surface area contributed by atoms with Gasteiger partial charge < -0.3 is 23.6 Å². The molecular formula is C19H22N2O5. The Morgan fingerprint density at radius 3 is 2.85 bits per heavy atom. The Bertz CT molecular complexity index is 899. The number of carbonyl (C=O) groups is 1. The first-order valence-electron chi connectivity index (χ1n) is 8.32. The number of methoxy groups -OCH3 is 1. The van der Waals surface area contributed by atoms with Crippen LogP contribution >= 0.6 is 0 Å². The Hall–Kier alpha value is -2.64. The topological polar surface area (TPSA) is 86.7 Å². The third-order valence-corrected chi connectivity index (χ3v) is 4.62. The van der Waals surface area contributed by atoms with Crippen LogP contribution in [0.5, 0.6) is 0 Å². The standard InChI is InChI=1S/C18H20N2O3.CH2O2/c1-11-4-5-15-13(8-11)12(2)17(23-15)18-19-6-7-20(18)14-9-22-10-16(14)21-3;2-1-3/h4-8,14,16H,9-10H2,1-3H3;1H,(H,2,3)/t14-,16+;/m1./s1. The maximum atomic E-state index is 8.36. The van der Waals surface area contributed by atoms with E-state index < -0.39 is 0 Å². The van der Waals surface area contributed by atoms with E-state index in [9.17, 15) is 0 Å². The second-order valence-electron chi connectivity index (χ2n) is 6.20. The van der Waals surface area contributed by atoms with Crippen LogP contribution in [0.3, 0.4) is 0 Å². The molecule has 2 aromatic heterocycles. The molecule has 7 heteroatoms. The molecule has 1 fully saturated rings. The average molecular weight is 358 g/mol. The molecule has 1 N–H and O–H groups in total. The van der Waals surface area contributed by atoms with Crippen LogP contribution in [-0.2, 0) is 14.3 Å². The van der Waals surface area contributed by atoms with Crippen LogP contribution in [0.2, 0.25) is 0 Å². The lowest BCUT2D eigenvalue weighted by Gasteiger charge is -2.19. The summed E-state index contributed by atoms with van der Waals surface area (Å²) in [7, 11) is 1.72. The molecule has 1 aromatic carbocycles. The number of nitrogens with zero attached hydrogens (tertiary/aromatic N) is 2. The highest BCUT2D eigenvalue weighted by molar-refractivity contribution is 5.87. The zero-order chi connectivity index (χ0) is 18.7. The van der Waals surface area contributed by atoms with E-state index in [2.05, 4.69) is 35.5 Å². The van der Waals surface area contributed by atoms with Gasteiger partial charge in [0.05, 0.1) is 19.3 Å². The summed E-state index contributed by atoms with van der Waals surface area (Å²) < 4.78 is 19.3. The molecule has 0 saturated carbocycles. The third-order valence-electron chi connectivity index (χ3n) is 4.62. The van der Waals surface area contributed by atoms with Crippen LogP contribution in [0, 0.1) is 13.8 Å². The minimum absolute atomic E-state index is 0.0369. The molecule has 3 aromatic rings. The van der Waals surface area contributed by atoms with Gasteiger partial charge in [-0.2, -0.15) is 0 Å². The second-order valence-corrected chi connectivity index (χ2v) is 6.20. The van der Waals surface area contributed by atoms with E-state index in [1.54, 1.807) is 13.3 Å². The van der Waals surface area contributed by atoms with Crippen molar-refractivity contribution >= 4 is 17.4 Å². The van der Waals surface area contributed by atoms with Crippen LogP contribution in [-0.4, -0.2) is 47.6 Å². The average Bonchev–Trinajstić information content (AvgIpc) is 3.34. The van der Waals surface area contributed by atoms with Crippen molar-refractivity contribution in [2.75, 3.05) is 20.3 Å². The summed E-state index contributed by atoms with van der Waals surface area (Å²) in [4.78, 5) is 12.9. The van der Waals surface area contributed by atoms with Gasteiger partial charge in [0.2, 0.25) is 0 Å².